The van der Waals surface area contributed by atoms with Gasteiger partial charge in [-0.05, 0) is 18.4 Å². The number of aromatic nitrogens is 3. The lowest BCUT2D eigenvalue weighted by molar-refractivity contribution is 0.0522. The van der Waals surface area contributed by atoms with E-state index >= 15 is 0 Å². The lowest BCUT2D eigenvalue weighted by Crippen LogP contribution is -2.35. The number of esters is 1. The molecule has 0 saturated carbocycles. The standard InChI is InChI=1S/C21H22ClN3O4/c1-5-29-20(27)13-9-24-14(8-15(13)26)19-17(22)18(12-6-7-28-11-12)23-25(19)10-16(24)21(2,3)4/h6-9,11,16H,5,10H2,1-4H3/t16-/m0/s1. The molecule has 7 nitrogen and oxygen atoms in total. The SMILES string of the molecule is CCOC(=O)c1cn2c(cc1=O)-c1c(Cl)c(-c3ccoc3)nn1C[C@H]2C(C)(C)C. The molecule has 152 valence electrons. The second-order valence-electron chi connectivity index (χ2n) is 8.15. The van der Waals surface area contributed by atoms with Gasteiger partial charge in [0.15, 0.2) is 5.43 Å². The molecule has 0 N–H and O–H groups in total. The van der Waals surface area contributed by atoms with Crippen LogP contribution in [-0.2, 0) is 11.3 Å². The second-order valence-corrected chi connectivity index (χ2v) is 8.53. The molecule has 0 bridgehead atoms. The van der Waals surface area contributed by atoms with Gasteiger partial charge in [0.25, 0.3) is 0 Å². The summed E-state index contributed by atoms with van der Waals surface area (Å²) in [5.74, 6) is -0.621. The highest BCUT2D eigenvalue weighted by atomic mass is 35.5. The Kier molecular flexibility index (Phi) is 4.65. The van der Waals surface area contributed by atoms with Crippen molar-refractivity contribution in [1.82, 2.24) is 14.3 Å². The smallest absolute Gasteiger partial charge is 0.343 e. The summed E-state index contributed by atoms with van der Waals surface area (Å²) in [6.45, 7) is 8.79. The molecule has 8 heteroatoms. The summed E-state index contributed by atoms with van der Waals surface area (Å²) in [7, 11) is 0. The molecule has 0 saturated heterocycles. The molecule has 1 aliphatic rings. The molecule has 0 fully saturated rings. The lowest BCUT2D eigenvalue weighted by atomic mass is 9.85. The number of fused-ring (bicyclic) bond motifs is 3. The Morgan fingerprint density at radius 3 is 2.79 bits per heavy atom. The van der Waals surface area contributed by atoms with E-state index in [-0.39, 0.29) is 23.6 Å². The van der Waals surface area contributed by atoms with E-state index in [1.807, 2.05) is 9.25 Å². The molecule has 0 aromatic carbocycles. The largest absolute Gasteiger partial charge is 0.472 e. The predicted molar refractivity (Wildman–Crippen MR) is 109 cm³/mol. The second kappa shape index (κ2) is 6.91. The molecular formula is C21H22ClN3O4. The Hall–Kier alpha value is -2.80. The molecule has 1 atom stereocenters. The van der Waals surface area contributed by atoms with Crippen LogP contribution in [0, 0.1) is 5.41 Å². The first-order chi connectivity index (χ1) is 13.7. The third kappa shape index (κ3) is 3.19. The van der Waals surface area contributed by atoms with E-state index < -0.39 is 11.4 Å². The van der Waals surface area contributed by atoms with Crippen molar-refractivity contribution in [3.05, 3.63) is 51.7 Å². The van der Waals surface area contributed by atoms with Crippen LogP contribution in [0.4, 0.5) is 0 Å². The normalized spacial score (nSPS) is 15.7. The average molecular weight is 416 g/mol. The highest BCUT2D eigenvalue weighted by Crippen LogP contribution is 2.44. The lowest BCUT2D eigenvalue weighted by Gasteiger charge is -2.38. The number of ether oxygens (including phenoxy) is 1. The number of furan rings is 1. The van der Waals surface area contributed by atoms with Crippen LogP contribution < -0.4 is 5.43 Å². The molecule has 0 amide bonds. The van der Waals surface area contributed by atoms with Gasteiger partial charge in [0, 0.05) is 17.8 Å². The number of halogens is 1. The van der Waals surface area contributed by atoms with Crippen molar-refractivity contribution in [2.45, 2.75) is 40.3 Å². The van der Waals surface area contributed by atoms with E-state index in [0.717, 1.165) is 5.56 Å². The Bertz CT molecular complexity index is 1140. The van der Waals surface area contributed by atoms with Gasteiger partial charge in [-0.1, -0.05) is 32.4 Å². The molecule has 0 unspecified atom stereocenters. The maximum Gasteiger partial charge on any atom is 0.343 e. The number of carbonyl (C=O) groups excluding carboxylic acids is 1. The fourth-order valence-corrected chi connectivity index (χ4v) is 4.04. The molecule has 29 heavy (non-hydrogen) atoms. The molecule has 1 aliphatic heterocycles. The zero-order chi connectivity index (χ0) is 20.9. The van der Waals surface area contributed by atoms with Crippen molar-refractivity contribution in [2.24, 2.45) is 5.41 Å². The number of rotatable bonds is 3. The minimum atomic E-state index is -0.621. The zero-order valence-electron chi connectivity index (χ0n) is 16.7. The van der Waals surface area contributed by atoms with Gasteiger partial charge in [-0.25, -0.2) is 4.79 Å². The minimum absolute atomic E-state index is 0.0176. The first-order valence-corrected chi connectivity index (χ1v) is 9.82. The molecule has 0 spiro atoms. The number of pyridine rings is 1. The maximum absolute atomic E-state index is 12.7. The summed E-state index contributed by atoms with van der Waals surface area (Å²) in [4.78, 5) is 25.0. The van der Waals surface area contributed by atoms with E-state index in [2.05, 4.69) is 25.9 Å². The van der Waals surface area contributed by atoms with E-state index in [1.54, 1.807) is 31.7 Å². The Morgan fingerprint density at radius 1 is 1.41 bits per heavy atom. The maximum atomic E-state index is 12.7. The van der Waals surface area contributed by atoms with Crippen molar-refractivity contribution in [1.29, 1.82) is 0 Å². The topological polar surface area (TPSA) is 79.3 Å². The van der Waals surface area contributed by atoms with Gasteiger partial charge in [-0.3, -0.25) is 9.48 Å². The highest BCUT2D eigenvalue weighted by Gasteiger charge is 2.36. The first-order valence-electron chi connectivity index (χ1n) is 9.45. The molecule has 0 aliphatic carbocycles. The first kappa shape index (κ1) is 19.5. The monoisotopic (exact) mass is 415 g/mol. The van der Waals surface area contributed by atoms with E-state index in [0.29, 0.717) is 28.6 Å². The number of carbonyl (C=O) groups is 1. The number of hydrogen-bond donors (Lipinski definition) is 0. The zero-order valence-corrected chi connectivity index (χ0v) is 17.5. The molecule has 3 aromatic heterocycles. The summed E-state index contributed by atoms with van der Waals surface area (Å²) in [5, 5.41) is 5.13. The number of hydrogen-bond acceptors (Lipinski definition) is 5. The van der Waals surface area contributed by atoms with Crippen molar-refractivity contribution in [3.63, 3.8) is 0 Å². The molecule has 0 radical (unpaired) electrons. The van der Waals surface area contributed by atoms with Crippen molar-refractivity contribution in [2.75, 3.05) is 6.61 Å². The van der Waals surface area contributed by atoms with Gasteiger partial charge in [0.1, 0.15) is 17.0 Å². The fraction of sp³-hybridized carbons (Fsp3) is 0.381. The molecule has 3 aromatic rings. The molecular weight excluding hydrogens is 394 g/mol. The Morgan fingerprint density at radius 2 is 2.17 bits per heavy atom. The molecule has 4 rings (SSSR count). The van der Waals surface area contributed by atoms with Crippen LogP contribution in [0.3, 0.4) is 0 Å². The van der Waals surface area contributed by atoms with Crippen molar-refractivity contribution < 1.29 is 13.9 Å². The summed E-state index contributed by atoms with van der Waals surface area (Å²) in [6.07, 6.45) is 4.74. The number of nitrogens with zero attached hydrogens (tertiary/aromatic N) is 3. The van der Waals surface area contributed by atoms with E-state index in [4.69, 9.17) is 20.8 Å². The predicted octanol–water partition coefficient (Wildman–Crippen LogP) is 4.40. The van der Waals surface area contributed by atoms with Gasteiger partial charge >= 0.3 is 5.97 Å². The molecule has 4 heterocycles. The van der Waals surface area contributed by atoms with Gasteiger partial charge in [-0.2, -0.15) is 5.10 Å². The van der Waals surface area contributed by atoms with Gasteiger partial charge < -0.3 is 13.7 Å². The van der Waals surface area contributed by atoms with Crippen molar-refractivity contribution in [3.8, 4) is 22.6 Å². The van der Waals surface area contributed by atoms with Crippen LogP contribution in [0.25, 0.3) is 22.6 Å². The van der Waals surface area contributed by atoms with Gasteiger partial charge in [0.2, 0.25) is 0 Å². The summed E-state index contributed by atoms with van der Waals surface area (Å²) in [6, 6.07) is 3.19. The van der Waals surface area contributed by atoms with Crippen LogP contribution in [0.15, 0.2) is 40.1 Å². The van der Waals surface area contributed by atoms with Crippen molar-refractivity contribution >= 4 is 17.6 Å². The Labute approximate surface area is 172 Å². The van der Waals surface area contributed by atoms with Crippen LogP contribution >= 0.6 is 11.6 Å². The highest BCUT2D eigenvalue weighted by molar-refractivity contribution is 6.35. The van der Waals surface area contributed by atoms with Crippen LogP contribution in [-0.4, -0.2) is 26.9 Å². The van der Waals surface area contributed by atoms with Gasteiger partial charge in [0.05, 0.1) is 42.4 Å². The summed E-state index contributed by atoms with van der Waals surface area (Å²) >= 11 is 6.70. The fourth-order valence-electron chi connectivity index (χ4n) is 3.70. The van der Waals surface area contributed by atoms with Crippen LogP contribution in [0.5, 0.6) is 0 Å². The van der Waals surface area contributed by atoms with E-state index in [1.165, 1.54) is 6.07 Å². The third-order valence-electron chi connectivity index (χ3n) is 5.19. The quantitative estimate of drug-likeness (QED) is 0.592. The summed E-state index contributed by atoms with van der Waals surface area (Å²) in [5.41, 5.74) is 2.08. The van der Waals surface area contributed by atoms with Crippen LogP contribution in [0.1, 0.15) is 44.1 Å². The summed E-state index contributed by atoms with van der Waals surface area (Å²) < 4.78 is 14.0. The third-order valence-corrected chi connectivity index (χ3v) is 5.55. The average Bonchev–Trinajstić information content (AvgIpc) is 3.28. The van der Waals surface area contributed by atoms with E-state index in [9.17, 15) is 9.59 Å². The Balaban J connectivity index is 1.96. The minimum Gasteiger partial charge on any atom is -0.472 e. The van der Waals surface area contributed by atoms with Gasteiger partial charge in [-0.15, -0.1) is 0 Å². The van der Waals surface area contributed by atoms with Crippen LogP contribution in [0.2, 0.25) is 5.02 Å².